The second-order valence-electron chi connectivity index (χ2n) is 6.99. The first-order valence-corrected chi connectivity index (χ1v) is 8.52. The Kier molecular flexibility index (Phi) is 6.82. The molecule has 1 aliphatic rings. The Morgan fingerprint density at radius 2 is 1.92 bits per heavy atom. The topological polar surface area (TPSA) is 97.9 Å². The summed E-state index contributed by atoms with van der Waals surface area (Å²) in [4.78, 5) is 24.1. The van der Waals surface area contributed by atoms with E-state index in [1.165, 1.54) is 7.11 Å². The highest BCUT2D eigenvalue weighted by molar-refractivity contribution is 5.79. The molecular formula is C18H27N3O5. The Morgan fingerprint density at radius 3 is 2.54 bits per heavy atom. The van der Waals surface area contributed by atoms with Gasteiger partial charge in [-0.1, -0.05) is 18.2 Å². The van der Waals surface area contributed by atoms with Crippen LogP contribution in [0.15, 0.2) is 30.3 Å². The number of nitrogens with one attached hydrogen (secondary N) is 3. The molecule has 2 rings (SSSR count). The highest BCUT2D eigenvalue weighted by Gasteiger charge is 2.42. The molecule has 0 unspecified atom stereocenters. The van der Waals surface area contributed by atoms with Gasteiger partial charge in [0.25, 0.3) is 0 Å². The van der Waals surface area contributed by atoms with E-state index in [9.17, 15) is 9.59 Å². The number of para-hydroxylation sites is 1. The molecule has 1 aromatic rings. The van der Waals surface area contributed by atoms with Crippen LogP contribution in [0.5, 0.6) is 5.75 Å². The van der Waals surface area contributed by atoms with Gasteiger partial charge in [-0.25, -0.2) is 4.79 Å². The first kappa shape index (κ1) is 20.0. The lowest BCUT2D eigenvalue weighted by molar-refractivity contribution is -0.143. The molecule has 8 nitrogen and oxygen atoms in total. The van der Waals surface area contributed by atoms with Crippen LogP contribution in [0.25, 0.3) is 0 Å². The first-order chi connectivity index (χ1) is 12.3. The highest BCUT2D eigenvalue weighted by Crippen LogP contribution is 2.13. The Morgan fingerprint density at radius 1 is 1.23 bits per heavy atom. The van der Waals surface area contributed by atoms with Gasteiger partial charge in [-0.2, -0.15) is 0 Å². The number of hydrogen-bond acceptors (Lipinski definition) is 7. The summed E-state index contributed by atoms with van der Waals surface area (Å²) in [6.07, 6.45) is -0.587. The maximum Gasteiger partial charge on any atom is 0.407 e. The highest BCUT2D eigenvalue weighted by atomic mass is 16.6. The van der Waals surface area contributed by atoms with Crippen LogP contribution in [0.3, 0.4) is 0 Å². The fraction of sp³-hybridized carbons (Fsp3) is 0.556. The van der Waals surface area contributed by atoms with Crippen LogP contribution in [-0.4, -0.2) is 56.2 Å². The molecule has 0 spiro atoms. The van der Waals surface area contributed by atoms with E-state index in [0.29, 0.717) is 6.54 Å². The van der Waals surface area contributed by atoms with Crippen molar-refractivity contribution < 1.29 is 23.8 Å². The number of esters is 1. The van der Waals surface area contributed by atoms with Gasteiger partial charge in [0.1, 0.15) is 24.1 Å². The number of benzene rings is 1. The van der Waals surface area contributed by atoms with Crippen molar-refractivity contribution in [2.75, 3.05) is 20.4 Å². The molecule has 0 saturated carbocycles. The van der Waals surface area contributed by atoms with Gasteiger partial charge >= 0.3 is 12.1 Å². The molecule has 1 heterocycles. The third kappa shape index (κ3) is 5.89. The number of carbonyl (C=O) groups excluding carboxylic acids is 2. The Labute approximate surface area is 153 Å². The summed E-state index contributed by atoms with van der Waals surface area (Å²) in [5.41, 5.74) is -0.629. The molecule has 8 heteroatoms. The quantitative estimate of drug-likeness (QED) is 0.511. The largest absolute Gasteiger partial charge is 0.478 e. The van der Waals surface area contributed by atoms with Crippen LogP contribution in [-0.2, 0) is 14.3 Å². The second-order valence-corrected chi connectivity index (χ2v) is 6.99. The monoisotopic (exact) mass is 365 g/mol. The minimum Gasteiger partial charge on any atom is -0.478 e. The third-order valence-corrected chi connectivity index (χ3v) is 3.82. The lowest BCUT2D eigenvalue weighted by Crippen LogP contribution is -2.56. The van der Waals surface area contributed by atoms with Crippen LogP contribution in [0.4, 0.5) is 4.79 Å². The molecule has 0 bridgehead atoms. The molecule has 1 aliphatic heterocycles. The molecule has 1 saturated heterocycles. The smallest absolute Gasteiger partial charge is 0.407 e. The van der Waals surface area contributed by atoms with E-state index >= 15 is 0 Å². The van der Waals surface area contributed by atoms with Crippen molar-refractivity contribution in [1.29, 1.82) is 0 Å². The van der Waals surface area contributed by atoms with E-state index in [2.05, 4.69) is 16.0 Å². The van der Waals surface area contributed by atoms with Crippen LogP contribution in [0.2, 0.25) is 0 Å². The van der Waals surface area contributed by atoms with Crippen molar-refractivity contribution in [2.45, 2.75) is 44.5 Å². The Hall–Kier alpha value is -2.32. The van der Waals surface area contributed by atoms with E-state index in [4.69, 9.17) is 14.2 Å². The van der Waals surface area contributed by atoms with Gasteiger partial charge in [-0.05, 0) is 32.9 Å². The minimum absolute atomic E-state index is 0.227. The van der Waals surface area contributed by atoms with Gasteiger partial charge < -0.3 is 24.8 Å². The number of methoxy groups -OCH3 is 1. The van der Waals surface area contributed by atoms with Crippen molar-refractivity contribution in [3.63, 3.8) is 0 Å². The number of alkyl carbamates (subject to hydrolysis) is 1. The Bertz CT molecular complexity index is 603. The average Bonchev–Trinajstić information content (AvgIpc) is 2.96. The van der Waals surface area contributed by atoms with Crippen LogP contribution >= 0.6 is 0 Å². The summed E-state index contributed by atoms with van der Waals surface area (Å²) in [7, 11) is 1.31. The first-order valence-electron chi connectivity index (χ1n) is 8.52. The zero-order chi connectivity index (χ0) is 19.2. The second kappa shape index (κ2) is 8.86. The summed E-state index contributed by atoms with van der Waals surface area (Å²) >= 11 is 0. The fourth-order valence-corrected chi connectivity index (χ4v) is 2.67. The fourth-order valence-electron chi connectivity index (χ4n) is 2.67. The van der Waals surface area contributed by atoms with Gasteiger partial charge in [0, 0.05) is 12.6 Å². The summed E-state index contributed by atoms with van der Waals surface area (Å²) in [6.45, 7) is 6.04. The molecule has 1 amide bonds. The number of hydrogen-bond donors (Lipinski definition) is 3. The molecule has 0 radical (unpaired) electrons. The number of rotatable bonds is 6. The lowest BCUT2D eigenvalue weighted by atomic mass is 10.1. The van der Waals surface area contributed by atoms with E-state index in [0.717, 1.165) is 5.75 Å². The Balaban J connectivity index is 1.96. The van der Waals surface area contributed by atoms with Gasteiger partial charge in [0.15, 0.2) is 0 Å². The van der Waals surface area contributed by atoms with Crippen LogP contribution < -0.4 is 20.7 Å². The number of amides is 1. The zero-order valence-electron chi connectivity index (χ0n) is 15.6. The number of ether oxygens (including phenoxy) is 3. The van der Waals surface area contributed by atoms with Crippen molar-refractivity contribution in [2.24, 2.45) is 0 Å². The van der Waals surface area contributed by atoms with E-state index in [1.807, 2.05) is 30.3 Å². The summed E-state index contributed by atoms with van der Waals surface area (Å²) < 4.78 is 15.7. The molecule has 0 aliphatic carbocycles. The molecule has 0 aromatic heterocycles. The van der Waals surface area contributed by atoms with Gasteiger partial charge in [-0.15, -0.1) is 0 Å². The van der Waals surface area contributed by atoms with E-state index < -0.39 is 29.7 Å². The maximum atomic E-state index is 12.1. The summed E-state index contributed by atoms with van der Waals surface area (Å²) in [5.74, 6) is 0.284. The molecule has 3 atom stereocenters. The summed E-state index contributed by atoms with van der Waals surface area (Å²) in [5, 5.41) is 9.01. The van der Waals surface area contributed by atoms with E-state index in [1.54, 1.807) is 20.8 Å². The lowest BCUT2D eigenvalue weighted by Gasteiger charge is -2.27. The molecule has 1 aromatic carbocycles. The third-order valence-electron chi connectivity index (χ3n) is 3.82. The van der Waals surface area contributed by atoms with Crippen molar-refractivity contribution in [3.05, 3.63) is 30.3 Å². The molecule has 144 valence electrons. The predicted molar refractivity (Wildman–Crippen MR) is 95.8 cm³/mol. The van der Waals surface area contributed by atoms with Gasteiger partial charge in [0.05, 0.1) is 13.2 Å². The van der Waals surface area contributed by atoms with Crippen LogP contribution in [0, 0.1) is 0 Å². The molecular weight excluding hydrogens is 338 g/mol. The van der Waals surface area contributed by atoms with Crippen molar-refractivity contribution in [3.8, 4) is 5.75 Å². The van der Waals surface area contributed by atoms with Crippen LogP contribution in [0.1, 0.15) is 20.8 Å². The number of carbonyl (C=O) groups is 2. The molecule has 26 heavy (non-hydrogen) atoms. The predicted octanol–water partition coefficient (Wildman–Crippen LogP) is 1.02. The van der Waals surface area contributed by atoms with Crippen molar-refractivity contribution in [1.82, 2.24) is 16.0 Å². The zero-order valence-corrected chi connectivity index (χ0v) is 15.6. The molecule has 1 fully saturated rings. The van der Waals surface area contributed by atoms with Gasteiger partial charge in [-0.3, -0.25) is 10.1 Å². The SMILES string of the molecule is COC(=O)[C@H]1NC[C@@H](NCOc2ccccc2)[C@H]1NC(=O)OC(C)(C)C. The average molecular weight is 365 g/mol. The molecule has 3 N–H and O–H groups in total. The van der Waals surface area contributed by atoms with Gasteiger partial charge in [0.2, 0.25) is 0 Å². The minimum atomic E-state index is -0.665. The van der Waals surface area contributed by atoms with Crippen molar-refractivity contribution >= 4 is 12.1 Å². The summed E-state index contributed by atoms with van der Waals surface area (Å²) in [6, 6.07) is 7.95. The normalized spacial score (nSPS) is 22.5. The standard InChI is InChI=1S/C18H27N3O5/c1-18(2,3)26-17(23)21-14-13(10-19-15(14)16(22)24-4)20-11-25-12-8-6-5-7-9-12/h5-9,13-15,19-20H,10-11H2,1-4H3,(H,21,23)/t13-,14-,15+/m1/s1. The van der Waals surface area contributed by atoms with E-state index in [-0.39, 0.29) is 12.8 Å². The maximum absolute atomic E-state index is 12.1.